The van der Waals surface area contributed by atoms with Gasteiger partial charge < -0.3 is 11.1 Å². The van der Waals surface area contributed by atoms with E-state index in [1.54, 1.807) is 0 Å². The summed E-state index contributed by atoms with van der Waals surface area (Å²) in [5.74, 6) is -0.160. The van der Waals surface area contributed by atoms with Crippen LogP contribution in [0.3, 0.4) is 0 Å². The van der Waals surface area contributed by atoms with Crippen LogP contribution in [0.25, 0.3) is 0 Å². The van der Waals surface area contributed by atoms with E-state index >= 15 is 0 Å². The van der Waals surface area contributed by atoms with E-state index in [0.29, 0.717) is 25.8 Å². The van der Waals surface area contributed by atoms with Gasteiger partial charge in [0.05, 0.1) is 12.1 Å². The van der Waals surface area contributed by atoms with Crippen molar-refractivity contribution in [2.45, 2.75) is 25.3 Å². The third-order valence-corrected chi connectivity index (χ3v) is 2.40. The lowest BCUT2D eigenvalue weighted by molar-refractivity contribution is -0.122. The molecule has 0 aliphatic heterocycles. The summed E-state index contributed by atoms with van der Waals surface area (Å²) in [5, 5.41) is 11.1. The molecular weight excluding hydrogens is 214 g/mol. The number of nitrogens with one attached hydrogen (secondary N) is 1. The predicted molar refractivity (Wildman–Crippen MR) is 66.0 cm³/mol. The zero-order chi connectivity index (χ0) is 12.5. The minimum absolute atomic E-state index is 0.160. The third kappa shape index (κ3) is 5.14. The molecule has 4 nitrogen and oxygen atoms in total. The van der Waals surface area contributed by atoms with Gasteiger partial charge in [-0.3, -0.25) is 4.79 Å². The monoisotopic (exact) mass is 231 g/mol. The number of amides is 1. The summed E-state index contributed by atoms with van der Waals surface area (Å²) in [7, 11) is 0. The minimum Gasteiger partial charge on any atom is -0.355 e. The molecule has 17 heavy (non-hydrogen) atoms. The molecule has 1 rings (SSSR count). The highest BCUT2D eigenvalue weighted by Crippen LogP contribution is 2.01. The first-order chi connectivity index (χ1) is 8.24. The van der Waals surface area contributed by atoms with Crippen LogP contribution in [-0.4, -0.2) is 18.5 Å². The Balaban J connectivity index is 2.30. The topological polar surface area (TPSA) is 78.9 Å². The largest absolute Gasteiger partial charge is 0.355 e. The molecule has 1 amide bonds. The Morgan fingerprint density at radius 2 is 2.12 bits per heavy atom. The molecule has 1 aromatic rings. The van der Waals surface area contributed by atoms with Gasteiger partial charge in [0.1, 0.15) is 0 Å². The first kappa shape index (κ1) is 13.2. The molecule has 90 valence electrons. The van der Waals surface area contributed by atoms with Gasteiger partial charge in [-0.05, 0) is 18.4 Å². The van der Waals surface area contributed by atoms with Crippen molar-refractivity contribution in [2.24, 2.45) is 5.73 Å². The second-order valence-electron chi connectivity index (χ2n) is 3.85. The molecule has 0 radical (unpaired) electrons. The first-order valence-electron chi connectivity index (χ1n) is 5.68. The Morgan fingerprint density at radius 3 is 2.76 bits per heavy atom. The zero-order valence-electron chi connectivity index (χ0n) is 9.73. The molecule has 0 unspecified atom stereocenters. The average Bonchev–Trinajstić information content (AvgIpc) is 2.35. The molecule has 3 N–H and O–H groups in total. The van der Waals surface area contributed by atoms with Crippen LogP contribution in [0.2, 0.25) is 0 Å². The van der Waals surface area contributed by atoms with Crippen molar-refractivity contribution >= 4 is 5.91 Å². The Kier molecular flexibility index (Phi) is 5.76. The van der Waals surface area contributed by atoms with E-state index in [1.807, 2.05) is 36.4 Å². The lowest BCUT2D eigenvalue weighted by atomic mass is 10.1. The maximum Gasteiger partial charge on any atom is 0.237 e. The molecule has 0 aliphatic rings. The van der Waals surface area contributed by atoms with Crippen molar-refractivity contribution < 1.29 is 4.79 Å². The van der Waals surface area contributed by atoms with Crippen LogP contribution in [0.15, 0.2) is 30.3 Å². The van der Waals surface area contributed by atoms with Crippen molar-refractivity contribution in [1.82, 2.24) is 5.32 Å². The lowest BCUT2D eigenvalue weighted by Gasteiger charge is -2.11. The molecule has 1 aromatic carbocycles. The number of nitrogens with two attached hydrogens (primary N) is 1. The summed E-state index contributed by atoms with van der Waals surface area (Å²) >= 11 is 0. The minimum atomic E-state index is -0.528. The van der Waals surface area contributed by atoms with E-state index in [4.69, 9.17) is 11.0 Å². The molecular formula is C13H17N3O. The Labute approximate surface area is 101 Å². The van der Waals surface area contributed by atoms with Gasteiger partial charge in [0.2, 0.25) is 5.91 Å². The molecule has 0 heterocycles. The van der Waals surface area contributed by atoms with Crippen molar-refractivity contribution in [3.05, 3.63) is 35.9 Å². The van der Waals surface area contributed by atoms with Crippen LogP contribution in [0.5, 0.6) is 0 Å². The molecule has 0 aliphatic carbocycles. The lowest BCUT2D eigenvalue weighted by Crippen LogP contribution is -2.42. The maximum absolute atomic E-state index is 11.6. The van der Waals surface area contributed by atoms with E-state index in [1.165, 1.54) is 0 Å². The first-order valence-corrected chi connectivity index (χ1v) is 5.68. The van der Waals surface area contributed by atoms with Crippen molar-refractivity contribution in [2.75, 3.05) is 6.54 Å². The summed E-state index contributed by atoms with van der Waals surface area (Å²) in [5.41, 5.74) is 6.84. The second-order valence-corrected chi connectivity index (χ2v) is 3.85. The number of hydrogen-bond acceptors (Lipinski definition) is 3. The number of rotatable bonds is 6. The molecule has 1 atom stereocenters. The van der Waals surface area contributed by atoms with Gasteiger partial charge in [-0.2, -0.15) is 5.26 Å². The quantitative estimate of drug-likeness (QED) is 0.716. The third-order valence-electron chi connectivity index (χ3n) is 2.40. The van der Waals surface area contributed by atoms with E-state index < -0.39 is 6.04 Å². The number of benzene rings is 1. The van der Waals surface area contributed by atoms with Gasteiger partial charge in [-0.15, -0.1) is 0 Å². The van der Waals surface area contributed by atoms with Gasteiger partial charge in [-0.25, -0.2) is 0 Å². The van der Waals surface area contributed by atoms with Gasteiger partial charge in [0.25, 0.3) is 0 Å². The van der Waals surface area contributed by atoms with Crippen LogP contribution in [0, 0.1) is 11.3 Å². The van der Waals surface area contributed by atoms with Crippen LogP contribution < -0.4 is 11.1 Å². The highest BCUT2D eigenvalue weighted by atomic mass is 16.2. The molecule has 0 saturated carbocycles. The maximum atomic E-state index is 11.6. The highest BCUT2D eigenvalue weighted by Gasteiger charge is 2.12. The number of carbonyl (C=O) groups is 1. The number of nitriles is 1. The van der Waals surface area contributed by atoms with Gasteiger partial charge >= 0.3 is 0 Å². The normalized spacial score (nSPS) is 11.5. The fraction of sp³-hybridized carbons (Fsp3) is 0.385. The molecule has 0 spiro atoms. The predicted octanol–water partition coefficient (Wildman–Crippen LogP) is 0.976. The summed E-state index contributed by atoms with van der Waals surface area (Å²) in [6.07, 6.45) is 1.65. The standard InChI is InChI=1S/C13H17N3O/c14-8-4-5-9-16-13(17)12(15)10-11-6-2-1-3-7-11/h1-3,6-7,12H,4-5,9-10,15H2,(H,16,17)/t12-/m0/s1. The average molecular weight is 231 g/mol. The summed E-state index contributed by atoms with van der Waals surface area (Å²) < 4.78 is 0. The van der Waals surface area contributed by atoms with Gasteiger partial charge in [0, 0.05) is 13.0 Å². The molecule has 4 heteroatoms. The van der Waals surface area contributed by atoms with Crippen LogP contribution in [0.4, 0.5) is 0 Å². The summed E-state index contributed by atoms with van der Waals surface area (Å²) in [4.78, 5) is 11.6. The van der Waals surface area contributed by atoms with E-state index in [9.17, 15) is 4.79 Å². The number of hydrogen-bond donors (Lipinski definition) is 2. The summed E-state index contributed by atoms with van der Waals surface area (Å²) in [6, 6.07) is 11.2. The van der Waals surface area contributed by atoms with E-state index in [2.05, 4.69) is 5.32 Å². The second kappa shape index (κ2) is 7.42. The fourth-order valence-electron chi connectivity index (χ4n) is 1.47. The number of carbonyl (C=O) groups excluding carboxylic acids is 1. The van der Waals surface area contributed by atoms with E-state index in [0.717, 1.165) is 5.56 Å². The van der Waals surface area contributed by atoms with Gasteiger partial charge in [-0.1, -0.05) is 30.3 Å². The number of nitrogens with zero attached hydrogens (tertiary/aromatic N) is 1. The zero-order valence-corrected chi connectivity index (χ0v) is 9.73. The Bertz CT molecular complexity index is 383. The highest BCUT2D eigenvalue weighted by molar-refractivity contribution is 5.81. The van der Waals surface area contributed by atoms with Crippen LogP contribution >= 0.6 is 0 Å². The molecule has 0 saturated heterocycles. The Hall–Kier alpha value is -1.86. The molecule has 0 fully saturated rings. The fourth-order valence-corrected chi connectivity index (χ4v) is 1.47. The molecule has 0 bridgehead atoms. The smallest absolute Gasteiger partial charge is 0.237 e. The van der Waals surface area contributed by atoms with Crippen molar-refractivity contribution in [1.29, 1.82) is 5.26 Å². The Morgan fingerprint density at radius 1 is 1.41 bits per heavy atom. The van der Waals surface area contributed by atoms with Crippen molar-refractivity contribution in [3.63, 3.8) is 0 Å². The van der Waals surface area contributed by atoms with Crippen LogP contribution in [0.1, 0.15) is 18.4 Å². The SMILES string of the molecule is N#CCCCNC(=O)[C@@H](N)Cc1ccccc1. The molecule has 0 aromatic heterocycles. The number of unbranched alkanes of at least 4 members (excludes halogenated alkanes) is 1. The summed E-state index contributed by atoms with van der Waals surface area (Å²) in [6.45, 7) is 0.509. The van der Waals surface area contributed by atoms with Crippen molar-refractivity contribution in [3.8, 4) is 6.07 Å². The van der Waals surface area contributed by atoms with Gasteiger partial charge in [0.15, 0.2) is 0 Å². The van der Waals surface area contributed by atoms with E-state index in [-0.39, 0.29) is 5.91 Å². The van der Waals surface area contributed by atoms with Crippen LogP contribution in [-0.2, 0) is 11.2 Å².